The molecule has 2 fully saturated rings. The first-order valence-corrected chi connectivity index (χ1v) is 8.65. The lowest BCUT2D eigenvalue weighted by Gasteiger charge is -2.30. The van der Waals surface area contributed by atoms with E-state index in [2.05, 4.69) is 12.2 Å². The highest BCUT2D eigenvalue weighted by molar-refractivity contribution is 7.99. The van der Waals surface area contributed by atoms with E-state index in [-0.39, 0.29) is 36.3 Å². The fourth-order valence-corrected chi connectivity index (χ4v) is 3.92. The molecule has 0 aromatic rings. The molecule has 2 unspecified atom stereocenters. The van der Waals surface area contributed by atoms with Gasteiger partial charge in [-0.05, 0) is 19.4 Å². The Kier molecular flexibility index (Phi) is 7.84. The van der Waals surface area contributed by atoms with E-state index in [4.69, 9.17) is 0 Å². The van der Waals surface area contributed by atoms with Crippen LogP contribution in [0.5, 0.6) is 0 Å². The smallest absolute Gasteiger partial charge is 0.246 e. The van der Waals surface area contributed by atoms with Gasteiger partial charge < -0.3 is 15.1 Å². The number of hydrogen-bond donors (Lipinski definition) is 1. The number of rotatable bonds is 5. The van der Waals surface area contributed by atoms with Gasteiger partial charge in [-0.15, -0.1) is 24.2 Å². The number of hydrogen-bond acceptors (Lipinski definition) is 4. The normalized spacial score (nSPS) is 24.8. The zero-order chi connectivity index (χ0) is 14.5. The zero-order valence-electron chi connectivity index (χ0n) is 12.8. The third kappa shape index (κ3) is 4.50. The van der Waals surface area contributed by atoms with E-state index >= 15 is 0 Å². The summed E-state index contributed by atoms with van der Waals surface area (Å²) in [5.74, 6) is 1.64. The molecule has 0 aromatic heterocycles. The molecule has 0 radical (unpaired) electrons. The third-order valence-corrected chi connectivity index (χ3v) is 5.17. The van der Waals surface area contributed by atoms with Crippen LogP contribution in [0.3, 0.4) is 0 Å². The van der Waals surface area contributed by atoms with Crippen LogP contribution < -0.4 is 5.32 Å². The maximum absolute atomic E-state index is 12.6. The second kappa shape index (κ2) is 8.86. The molecule has 7 heteroatoms. The molecule has 2 atom stereocenters. The number of nitrogens with one attached hydrogen (secondary N) is 1. The predicted octanol–water partition coefficient (Wildman–Crippen LogP) is 1.32. The lowest BCUT2D eigenvalue weighted by molar-refractivity contribution is -0.143. The number of amides is 2. The minimum Gasteiger partial charge on any atom is -0.340 e. The number of halogens is 1. The van der Waals surface area contributed by atoms with Gasteiger partial charge in [0.15, 0.2) is 0 Å². The van der Waals surface area contributed by atoms with Gasteiger partial charge in [-0.2, -0.15) is 0 Å². The summed E-state index contributed by atoms with van der Waals surface area (Å²) in [4.78, 5) is 28.4. The van der Waals surface area contributed by atoms with Gasteiger partial charge in [0.1, 0.15) is 6.04 Å². The largest absolute Gasteiger partial charge is 0.340 e. The lowest BCUT2D eigenvalue weighted by Crippen LogP contribution is -2.51. The Hall–Kier alpha value is -0.460. The molecule has 0 saturated carbocycles. The summed E-state index contributed by atoms with van der Waals surface area (Å²) >= 11 is 1.68. The topological polar surface area (TPSA) is 52.7 Å². The van der Waals surface area contributed by atoms with Gasteiger partial charge in [-0.3, -0.25) is 9.59 Å². The minimum absolute atomic E-state index is 0. The molecule has 5 nitrogen and oxygen atoms in total. The Bertz CT molecular complexity index is 364. The first-order valence-electron chi connectivity index (χ1n) is 7.49. The Balaban J connectivity index is 0.00000220. The summed E-state index contributed by atoms with van der Waals surface area (Å²) in [5.41, 5.74) is 0. The zero-order valence-corrected chi connectivity index (χ0v) is 14.5. The van der Waals surface area contributed by atoms with Crippen molar-refractivity contribution in [2.45, 2.75) is 44.7 Å². The van der Waals surface area contributed by atoms with Crippen LogP contribution in [0.1, 0.15) is 32.6 Å². The maximum atomic E-state index is 12.6. The molecule has 0 aromatic carbocycles. The van der Waals surface area contributed by atoms with Crippen LogP contribution in [0.2, 0.25) is 0 Å². The fourth-order valence-electron chi connectivity index (χ4n) is 2.75. The van der Waals surface area contributed by atoms with E-state index in [1.165, 1.54) is 0 Å². The standard InChI is InChI=1S/C14H25N3O2S.ClH/c1-3-4-5-13(18)17-10-20-9-12(17)14(19)16(2)11-6-7-15-8-11;/h11-12,15H,3-10H2,1-2H3;1H. The summed E-state index contributed by atoms with van der Waals surface area (Å²) in [5, 5.41) is 3.28. The predicted molar refractivity (Wildman–Crippen MR) is 88.8 cm³/mol. The molecular formula is C14H26ClN3O2S. The van der Waals surface area contributed by atoms with Gasteiger partial charge in [-0.25, -0.2) is 0 Å². The highest BCUT2D eigenvalue weighted by Crippen LogP contribution is 2.24. The Morgan fingerprint density at radius 3 is 2.81 bits per heavy atom. The van der Waals surface area contributed by atoms with E-state index < -0.39 is 0 Å². The van der Waals surface area contributed by atoms with Gasteiger partial charge in [0.25, 0.3) is 0 Å². The summed E-state index contributed by atoms with van der Waals surface area (Å²) < 4.78 is 0. The summed E-state index contributed by atoms with van der Waals surface area (Å²) in [6.45, 7) is 3.92. The van der Waals surface area contributed by atoms with Gasteiger partial charge in [-0.1, -0.05) is 13.3 Å². The number of thioether (sulfide) groups is 1. The van der Waals surface area contributed by atoms with Crippen molar-refractivity contribution in [2.24, 2.45) is 0 Å². The molecular weight excluding hydrogens is 310 g/mol. The van der Waals surface area contributed by atoms with Crippen LogP contribution in [0.25, 0.3) is 0 Å². The lowest BCUT2D eigenvalue weighted by atomic mass is 10.1. The molecule has 0 bridgehead atoms. The molecule has 2 aliphatic rings. The minimum atomic E-state index is -0.255. The van der Waals surface area contributed by atoms with E-state index in [0.717, 1.165) is 38.1 Å². The molecule has 21 heavy (non-hydrogen) atoms. The van der Waals surface area contributed by atoms with Crippen LogP contribution in [0.4, 0.5) is 0 Å². The Morgan fingerprint density at radius 1 is 1.43 bits per heavy atom. The van der Waals surface area contributed by atoms with Crippen LogP contribution in [0, 0.1) is 0 Å². The van der Waals surface area contributed by atoms with Gasteiger partial charge in [0, 0.05) is 31.8 Å². The number of carbonyl (C=O) groups is 2. The molecule has 2 saturated heterocycles. The Morgan fingerprint density at radius 2 is 2.19 bits per heavy atom. The van der Waals surface area contributed by atoms with Crippen molar-refractivity contribution in [1.29, 1.82) is 0 Å². The SMILES string of the molecule is CCCCC(=O)N1CSCC1C(=O)N(C)C1CCNC1.Cl. The molecule has 1 N–H and O–H groups in total. The monoisotopic (exact) mass is 335 g/mol. The van der Waals surface area contributed by atoms with E-state index in [1.54, 1.807) is 16.7 Å². The first kappa shape index (κ1) is 18.6. The number of nitrogens with zero attached hydrogens (tertiary/aromatic N) is 2. The van der Waals surface area contributed by atoms with E-state index in [0.29, 0.717) is 12.3 Å². The van der Waals surface area contributed by atoms with Crippen LogP contribution >= 0.6 is 24.2 Å². The number of likely N-dealkylation sites (N-methyl/N-ethyl adjacent to an activating group) is 1. The highest BCUT2D eigenvalue weighted by atomic mass is 35.5. The quantitative estimate of drug-likeness (QED) is 0.823. The molecule has 2 amide bonds. The third-order valence-electron chi connectivity index (χ3n) is 4.16. The van der Waals surface area contributed by atoms with Crippen LogP contribution in [-0.2, 0) is 9.59 Å². The Labute approximate surface area is 137 Å². The second-order valence-corrected chi connectivity index (χ2v) is 6.58. The van der Waals surface area contributed by atoms with E-state index in [9.17, 15) is 9.59 Å². The van der Waals surface area contributed by atoms with Gasteiger partial charge in [0.2, 0.25) is 11.8 Å². The highest BCUT2D eigenvalue weighted by Gasteiger charge is 2.37. The van der Waals surface area contributed by atoms with E-state index in [1.807, 2.05) is 11.9 Å². The van der Waals surface area contributed by atoms with Crippen molar-refractivity contribution in [3.8, 4) is 0 Å². The molecule has 2 aliphatic heterocycles. The van der Waals surface area contributed by atoms with Crippen molar-refractivity contribution in [2.75, 3.05) is 31.8 Å². The number of carbonyl (C=O) groups excluding carboxylic acids is 2. The first-order chi connectivity index (χ1) is 9.65. The van der Waals surface area contributed by atoms with Gasteiger partial charge in [0.05, 0.1) is 5.88 Å². The molecule has 122 valence electrons. The van der Waals surface area contributed by atoms with Crippen molar-refractivity contribution in [3.63, 3.8) is 0 Å². The van der Waals surface area contributed by atoms with Crippen molar-refractivity contribution < 1.29 is 9.59 Å². The molecule has 2 rings (SSSR count). The molecule has 2 heterocycles. The summed E-state index contributed by atoms with van der Waals surface area (Å²) in [7, 11) is 1.87. The molecule has 0 spiro atoms. The van der Waals surface area contributed by atoms with Crippen LogP contribution in [-0.4, -0.2) is 65.5 Å². The van der Waals surface area contributed by atoms with Crippen molar-refractivity contribution in [1.82, 2.24) is 15.1 Å². The van der Waals surface area contributed by atoms with Crippen molar-refractivity contribution >= 4 is 36.0 Å². The maximum Gasteiger partial charge on any atom is 0.246 e. The average molecular weight is 336 g/mol. The van der Waals surface area contributed by atoms with Crippen molar-refractivity contribution in [3.05, 3.63) is 0 Å². The summed E-state index contributed by atoms with van der Waals surface area (Å²) in [6.07, 6.45) is 3.49. The fraction of sp³-hybridized carbons (Fsp3) is 0.857. The second-order valence-electron chi connectivity index (χ2n) is 5.58. The van der Waals surface area contributed by atoms with Crippen LogP contribution in [0.15, 0.2) is 0 Å². The van der Waals surface area contributed by atoms with Gasteiger partial charge >= 0.3 is 0 Å². The summed E-state index contributed by atoms with van der Waals surface area (Å²) in [6, 6.07) is 0.0237. The number of unbranched alkanes of at least 4 members (excludes halogenated alkanes) is 1. The average Bonchev–Trinajstić information content (AvgIpc) is 3.13. The molecule has 0 aliphatic carbocycles.